The molecule has 2 aromatic rings. The van der Waals surface area contributed by atoms with Crippen LogP contribution in [0.5, 0.6) is 0 Å². The normalized spacial score (nSPS) is 11.2. The second kappa shape index (κ2) is 6.17. The van der Waals surface area contributed by atoms with Crippen molar-refractivity contribution in [1.29, 1.82) is 0 Å². The van der Waals surface area contributed by atoms with E-state index in [0.717, 1.165) is 6.20 Å². The van der Waals surface area contributed by atoms with Crippen LogP contribution in [-0.2, 0) is 10.1 Å². The van der Waals surface area contributed by atoms with Crippen LogP contribution in [0.25, 0.3) is 0 Å². The van der Waals surface area contributed by atoms with Crippen molar-refractivity contribution < 1.29 is 22.7 Å². The zero-order valence-electron chi connectivity index (χ0n) is 10.3. The summed E-state index contributed by atoms with van der Waals surface area (Å²) in [5, 5.41) is 0.613. The second-order valence-electron chi connectivity index (χ2n) is 3.92. The van der Waals surface area contributed by atoms with Crippen LogP contribution < -0.4 is 4.98 Å². The predicted octanol–water partition coefficient (Wildman–Crippen LogP) is 1.38. The highest BCUT2D eigenvalue weighted by molar-refractivity contribution is 7.99. The number of H-pyrrole nitrogens is 1. The van der Waals surface area contributed by atoms with Gasteiger partial charge in [0.1, 0.15) is 15.0 Å². The Morgan fingerprint density at radius 3 is 2.40 bits per heavy atom. The summed E-state index contributed by atoms with van der Waals surface area (Å²) in [5.41, 5.74) is 0.624. The van der Waals surface area contributed by atoms with Gasteiger partial charge in [0.05, 0.1) is 5.75 Å². The molecular formula is C13H11NO4S2. The summed E-state index contributed by atoms with van der Waals surface area (Å²) in [6.07, 6.45) is 1.12. The first-order valence-electron chi connectivity index (χ1n) is 5.65. The van der Waals surface area contributed by atoms with Gasteiger partial charge in [-0.3, -0.25) is 4.79 Å². The molecule has 1 aromatic heterocycles. The zero-order chi connectivity index (χ0) is 14.6. The van der Waals surface area contributed by atoms with Gasteiger partial charge in [-0.15, -0.1) is 0 Å². The number of hydrogen-bond acceptors (Lipinski definition) is 5. The van der Waals surface area contributed by atoms with Crippen LogP contribution >= 0.6 is 11.8 Å². The molecule has 0 aliphatic carbocycles. The Morgan fingerprint density at radius 2 is 1.85 bits per heavy atom. The minimum absolute atomic E-state index is 0.0236. The SMILES string of the molecule is O=C(CSc1ccc(S(=O)(=O)[O-])c[nH+]1)c1ccccc1. The Bertz CT molecular complexity index is 697. The number of nitrogens with one attached hydrogen (secondary N) is 1. The van der Waals surface area contributed by atoms with Gasteiger partial charge in [0, 0.05) is 11.6 Å². The van der Waals surface area contributed by atoms with E-state index in [0.29, 0.717) is 10.6 Å². The predicted molar refractivity (Wildman–Crippen MR) is 72.5 cm³/mol. The number of carbonyl (C=O) groups excluding carboxylic acids is 1. The van der Waals surface area contributed by atoms with Crippen molar-refractivity contribution in [1.82, 2.24) is 0 Å². The third kappa shape index (κ3) is 3.89. The molecule has 0 aliphatic heterocycles. The highest BCUT2D eigenvalue weighted by atomic mass is 32.2. The topological polar surface area (TPSA) is 88.4 Å². The number of carbonyl (C=O) groups is 1. The molecule has 20 heavy (non-hydrogen) atoms. The minimum atomic E-state index is -4.45. The molecule has 0 unspecified atom stereocenters. The van der Waals surface area contributed by atoms with Gasteiger partial charge in [0.2, 0.25) is 5.03 Å². The monoisotopic (exact) mass is 309 g/mol. The number of rotatable bonds is 5. The van der Waals surface area contributed by atoms with Gasteiger partial charge in [0.25, 0.3) is 0 Å². The maximum atomic E-state index is 11.9. The Labute approximate surface area is 120 Å². The Balaban J connectivity index is 2.00. The molecule has 0 bridgehead atoms. The number of hydrogen-bond donors (Lipinski definition) is 0. The van der Waals surface area contributed by atoms with Gasteiger partial charge in [-0.25, -0.2) is 13.4 Å². The van der Waals surface area contributed by atoms with Crippen LogP contribution in [-0.4, -0.2) is 24.5 Å². The van der Waals surface area contributed by atoms with Crippen LogP contribution in [0, 0.1) is 0 Å². The zero-order valence-corrected chi connectivity index (χ0v) is 11.9. The first-order chi connectivity index (χ1) is 9.47. The van der Waals surface area contributed by atoms with Crippen LogP contribution in [0.3, 0.4) is 0 Å². The molecule has 0 aliphatic rings. The molecule has 0 saturated heterocycles. The summed E-state index contributed by atoms with van der Waals surface area (Å²) in [4.78, 5) is 14.2. The molecule has 0 spiro atoms. The van der Waals surface area contributed by atoms with E-state index >= 15 is 0 Å². The van der Waals surface area contributed by atoms with E-state index in [4.69, 9.17) is 0 Å². The van der Waals surface area contributed by atoms with Gasteiger partial charge in [-0.2, -0.15) is 0 Å². The van der Waals surface area contributed by atoms with Crippen molar-refractivity contribution in [2.75, 3.05) is 5.75 Å². The van der Waals surface area contributed by atoms with E-state index in [1.807, 2.05) is 6.07 Å². The molecular weight excluding hydrogens is 298 g/mol. The summed E-state index contributed by atoms with van der Waals surface area (Å²) in [7, 11) is -4.45. The summed E-state index contributed by atoms with van der Waals surface area (Å²) in [5.74, 6) is 0.203. The first kappa shape index (κ1) is 14.7. The average molecular weight is 309 g/mol. The summed E-state index contributed by atoms with van der Waals surface area (Å²) in [6.45, 7) is 0. The molecule has 2 rings (SSSR count). The highest BCUT2D eigenvalue weighted by Gasteiger charge is 2.11. The fourth-order valence-electron chi connectivity index (χ4n) is 1.49. The number of aromatic amines is 1. The molecule has 104 valence electrons. The Kier molecular flexibility index (Phi) is 4.53. The van der Waals surface area contributed by atoms with Gasteiger partial charge in [0.15, 0.2) is 12.0 Å². The van der Waals surface area contributed by atoms with Crippen molar-refractivity contribution in [2.24, 2.45) is 0 Å². The third-order valence-corrected chi connectivity index (χ3v) is 4.30. The van der Waals surface area contributed by atoms with E-state index in [-0.39, 0.29) is 16.4 Å². The second-order valence-corrected chi connectivity index (χ2v) is 6.32. The van der Waals surface area contributed by atoms with E-state index in [1.165, 1.54) is 23.9 Å². The van der Waals surface area contributed by atoms with Crippen molar-refractivity contribution in [3.05, 3.63) is 54.2 Å². The third-order valence-electron chi connectivity index (χ3n) is 2.50. The summed E-state index contributed by atoms with van der Waals surface area (Å²) in [6, 6.07) is 11.6. The van der Waals surface area contributed by atoms with E-state index in [1.54, 1.807) is 24.3 Å². The van der Waals surface area contributed by atoms with Gasteiger partial charge < -0.3 is 4.55 Å². The maximum Gasteiger partial charge on any atom is 0.238 e. The number of benzene rings is 1. The molecule has 1 heterocycles. The van der Waals surface area contributed by atoms with Crippen LogP contribution in [0.15, 0.2) is 58.6 Å². The lowest BCUT2D eigenvalue weighted by molar-refractivity contribution is -0.429. The standard InChI is InChI=1S/C13H11NO4S2/c15-12(10-4-2-1-3-5-10)9-19-13-7-6-11(8-14-13)20(16,17)18/h1-8H,9H2,(H,16,17,18). The molecule has 0 amide bonds. The lowest BCUT2D eigenvalue weighted by atomic mass is 10.2. The molecule has 5 nitrogen and oxygen atoms in total. The molecule has 7 heteroatoms. The van der Waals surface area contributed by atoms with Crippen molar-refractivity contribution >= 4 is 27.7 Å². The van der Waals surface area contributed by atoms with Gasteiger partial charge in [-0.1, -0.05) is 30.3 Å². The lowest BCUT2D eigenvalue weighted by Crippen LogP contribution is -2.11. The maximum absolute atomic E-state index is 11.9. The molecule has 1 aromatic carbocycles. The van der Waals surface area contributed by atoms with Gasteiger partial charge >= 0.3 is 0 Å². The van der Waals surface area contributed by atoms with Crippen molar-refractivity contribution in [2.45, 2.75) is 9.92 Å². The fourth-order valence-corrected chi connectivity index (χ4v) is 2.69. The highest BCUT2D eigenvalue weighted by Crippen LogP contribution is 2.16. The van der Waals surface area contributed by atoms with Crippen LogP contribution in [0.4, 0.5) is 0 Å². The minimum Gasteiger partial charge on any atom is -0.744 e. The molecule has 0 radical (unpaired) electrons. The van der Waals surface area contributed by atoms with Crippen LogP contribution in [0.2, 0.25) is 0 Å². The number of aromatic nitrogens is 1. The number of ketones is 1. The summed E-state index contributed by atoms with van der Waals surface area (Å²) < 4.78 is 32.3. The fraction of sp³-hybridized carbons (Fsp3) is 0.0769. The molecule has 0 atom stereocenters. The number of pyridine rings is 1. The quantitative estimate of drug-likeness (QED) is 0.473. The van der Waals surface area contributed by atoms with Crippen LogP contribution in [0.1, 0.15) is 10.4 Å². The Morgan fingerprint density at radius 1 is 1.15 bits per heavy atom. The smallest absolute Gasteiger partial charge is 0.238 e. The lowest BCUT2D eigenvalue weighted by Gasteiger charge is -2.03. The summed E-state index contributed by atoms with van der Waals surface area (Å²) >= 11 is 1.24. The molecule has 0 fully saturated rings. The first-order valence-corrected chi connectivity index (χ1v) is 8.05. The van der Waals surface area contributed by atoms with E-state index < -0.39 is 10.1 Å². The van der Waals surface area contributed by atoms with Crippen molar-refractivity contribution in [3.63, 3.8) is 0 Å². The van der Waals surface area contributed by atoms with Gasteiger partial charge in [-0.05, 0) is 17.8 Å². The largest absolute Gasteiger partial charge is 0.744 e. The van der Waals surface area contributed by atoms with E-state index in [2.05, 4.69) is 4.98 Å². The number of Topliss-reactive ketones (excluding diaryl/α,β-unsaturated/α-hetero) is 1. The van der Waals surface area contributed by atoms with E-state index in [9.17, 15) is 17.8 Å². The average Bonchev–Trinajstić information content (AvgIpc) is 2.45. The van der Waals surface area contributed by atoms with Crippen molar-refractivity contribution in [3.8, 4) is 0 Å². The molecule has 0 saturated carbocycles. The Hall–Kier alpha value is -1.70. The number of thioether (sulfide) groups is 1. The molecule has 1 N–H and O–H groups in total.